The Labute approximate surface area is 155 Å². The molecule has 1 aromatic carbocycles. The van der Waals surface area contributed by atoms with Crippen molar-refractivity contribution in [3.63, 3.8) is 0 Å². The fraction of sp³-hybridized carbons (Fsp3) is 0.500. The summed E-state index contributed by atoms with van der Waals surface area (Å²) >= 11 is 0. The summed E-state index contributed by atoms with van der Waals surface area (Å²) < 4.78 is 11.0. The third kappa shape index (κ3) is 4.51. The molecule has 0 unspecified atom stereocenters. The van der Waals surface area contributed by atoms with Crippen molar-refractivity contribution in [2.45, 2.75) is 19.8 Å². The van der Waals surface area contributed by atoms with Gasteiger partial charge in [-0.1, -0.05) is 18.2 Å². The molecule has 0 atom stereocenters. The Hall–Kier alpha value is -2.18. The maximum atomic E-state index is 5.53. The lowest BCUT2D eigenvalue weighted by atomic mass is 9.81. The molecule has 0 spiro atoms. The molecule has 0 amide bonds. The number of nitrogens with zero attached hydrogens (tertiary/aromatic N) is 3. The van der Waals surface area contributed by atoms with Gasteiger partial charge < -0.3 is 19.7 Å². The minimum absolute atomic E-state index is 0.0946. The van der Waals surface area contributed by atoms with Gasteiger partial charge in [0.2, 0.25) is 5.95 Å². The van der Waals surface area contributed by atoms with E-state index in [9.17, 15) is 0 Å². The van der Waals surface area contributed by atoms with E-state index in [2.05, 4.69) is 22.4 Å². The van der Waals surface area contributed by atoms with Crippen LogP contribution in [-0.2, 0) is 9.47 Å². The Bertz CT molecular complexity index is 697. The number of anilines is 3. The molecule has 1 fully saturated rings. The maximum Gasteiger partial charge on any atom is 0.231 e. The maximum absolute atomic E-state index is 5.53. The summed E-state index contributed by atoms with van der Waals surface area (Å²) in [5.74, 6) is 1.53. The molecule has 0 radical (unpaired) electrons. The van der Waals surface area contributed by atoms with Crippen LogP contribution in [0.25, 0.3) is 0 Å². The molecule has 2 aromatic rings. The van der Waals surface area contributed by atoms with Crippen molar-refractivity contribution in [1.82, 2.24) is 9.97 Å². The van der Waals surface area contributed by atoms with Gasteiger partial charge in [0.05, 0.1) is 6.61 Å². The molecule has 6 heteroatoms. The number of para-hydroxylation sites is 1. The van der Waals surface area contributed by atoms with Gasteiger partial charge in [-0.15, -0.1) is 0 Å². The molecule has 140 valence electrons. The Morgan fingerprint density at radius 2 is 1.92 bits per heavy atom. The summed E-state index contributed by atoms with van der Waals surface area (Å²) in [5, 5.41) is 3.51. The van der Waals surface area contributed by atoms with Crippen molar-refractivity contribution in [3.05, 3.63) is 42.1 Å². The van der Waals surface area contributed by atoms with Gasteiger partial charge in [0.1, 0.15) is 5.82 Å². The SMILES string of the molecule is COCC1(CNc2cc(C)nc(N(C)c3ccccc3)n2)CCOCC1. The normalized spacial score (nSPS) is 16.3. The van der Waals surface area contributed by atoms with E-state index in [1.165, 1.54) is 0 Å². The van der Waals surface area contributed by atoms with Crippen LogP contribution in [0.4, 0.5) is 17.5 Å². The first-order valence-electron chi connectivity index (χ1n) is 9.07. The Morgan fingerprint density at radius 1 is 1.19 bits per heavy atom. The smallest absolute Gasteiger partial charge is 0.231 e. The second-order valence-corrected chi connectivity index (χ2v) is 6.99. The first-order chi connectivity index (χ1) is 12.6. The molecule has 1 aliphatic heterocycles. The van der Waals surface area contributed by atoms with Gasteiger partial charge in [0, 0.05) is 56.8 Å². The number of hydrogen-bond acceptors (Lipinski definition) is 6. The number of hydrogen-bond donors (Lipinski definition) is 1. The van der Waals surface area contributed by atoms with Gasteiger partial charge >= 0.3 is 0 Å². The Kier molecular flexibility index (Phi) is 6.06. The van der Waals surface area contributed by atoms with Crippen LogP contribution in [0.3, 0.4) is 0 Å². The topological polar surface area (TPSA) is 59.5 Å². The quantitative estimate of drug-likeness (QED) is 0.820. The molecule has 2 heterocycles. The van der Waals surface area contributed by atoms with Crippen molar-refractivity contribution < 1.29 is 9.47 Å². The molecular weight excluding hydrogens is 328 g/mol. The lowest BCUT2D eigenvalue weighted by Gasteiger charge is -2.36. The van der Waals surface area contributed by atoms with Crippen LogP contribution in [0.5, 0.6) is 0 Å². The van der Waals surface area contributed by atoms with Crippen LogP contribution >= 0.6 is 0 Å². The van der Waals surface area contributed by atoms with E-state index in [1.807, 2.05) is 43.1 Å². The molecular formula is C20H28N4O2. The van der Waals surface area contributed by atoms with E-state index in [0.29, 0.717) is 5.95 Å². The summed E-state index contributed by atoms with van der Waals surface area (Å²) in [7, 11) is 3.75. The number of rotatable bonds is 7. The van der Waals surface area contributed by atoms with Crippen molar-refractivity contribution in [3.8, 4) is 0 Å². The van der Waals surface area contributed by atoms with E-state index in [1.54, 1.807) is 7.11 Å². The second kappa shape index (κ2) is 8.47. The first-order valence-corrected chi connectivity index (χ1v) is 9.07. The summed E-state index contributed by atoms with van der Waals surface area (Å²) in [5.41, 5.74) is 2.09. The molecule has 1 aromatic heterocycles. The van der Waals surface area contributed by atoms with Crippen molar-refractivity contribution in [1.29, 1.82) is 0 Å². The molecule has 0 bridgehead atoms. The Morgan fingerprint density at radius 3 is 2.62 bits per heavy atom. The van der Waals surface area contributed by atoms with E-state index in [0.717, 1.165) is 56.4 Å². The van der Waals surface area contributed by atoms with Gasteiger partial charge in [0.25, 0.3) is 0 Å². The number of benzene rings is 1. The highest BCUT2D eigenvalue weighted by molar-refractivity contribution is 5.57. The van der Waals surface area contributed by atoms with Crippen LogP contribution in [0.15, 0.2) is 36.4 Å². The van der Waals surface area contributed by atoms with Gasteiger partial charge in [-0.25, -0.2) is 4.98 Å². The molecule has 1 aliphatic rings. The highest BCUT2D eigenvalue weighted by Gasteiger charge is 2.32. The fourth-order valence-electron chi connectivity index (χ4n) is 3.32. The average molecular weight is 356 g/mol. The largest absolute Gasteiger partial charge is 0.384 e. The van der Waals surface area contributed by atoms with E-state index >= 15 is 0 Å². The van der Waals surface area contributed by atoms with Gasteiger partial charge in [-0.3, -0.25) is 0 Å². The lowest BCUT2D eigenvalue weighted by Crippen LogP contribution is -2.39. The zero-order valence-electron chi connectivity index (χ0n) is 15.9. The van der Waals surface area contributed by atoms with Crippen molar-refractivity contribution in [2.75, 3.05) is 50.7 Å². The molecule has 0 saturated carbocycles. The van der Waals surface area contributed by atoms with Crippen LogP contribution in [0.1, 0.15) is 18.5 Å². The van der Waals surface area contributed by atoms with Gasteiger partial charge in [-0.2, -0.15) is 4.98 Å². The monoisotopic (exact) mass is 356 g/mol. The number of methoxy groups -OCH3 is 1. The van der Waals surface area contributed by atoms with Crippen LogP contribution in [-0.4, -0.2) is 50.5 Å². The summed E-state index contributed by atoms with van der Waals surface area (Å²) in [6.07, 6.45) is 1.99. The molecule has 0 aliphatic carbocycles. The second-order valence-electron chi connectivity index (χ2n) is 6.99. The predicted molar refractivity (Wildman–Crippen MR) is 104 cm³/mol. The number of ether oxygens (including phenoxy) is 2. The van der Waals surface area contributed by atoms with Crippen LogP contribution < -0.4 is 10.2 Å². The first kappa shape index (κ1) is 18.6. The average Bonchev–Trinajstić information content (AvgIpc) is 2.67. The molecule has 3 rings (SSSR count). The van der Waals surface area contributed by atoms with Gasteiger partial charge in [-0.05, 0) is 31.9 Å². The number of aryl methyl sites for hydroxylation is 1. The molecule has 6 nitrogen and oxygen atoms in total. The zero-order valence-corrected chi connectivity index (χ0v) is 15.9. The van der Waals surface area contributed by atoms with Crippen LogP contribution in [0, 0.1) is 12.3 Å². The highest BCUT2D eigenvalue weighted by Crippen LogP contribution is 2.31. The van der Waals surface area contributed by atoms with Crippen LogP contribution in [0.2, 0.25) is 0 Å². The predicted octanol–water partition coefficient (Wildman–Crippen LogP) is 3.41. The summed E-state index contributed by atoms with van der Waals surface area (Å²) in [6.45, 7) is 5.11. The standard InChI is InChI=1S/C20H28N4O2/c1-16-13-18(21-14-20(15-25-3)9-11-26-12-10-20)23-19(22-16)24(2)17-7-5-4-6-8-17/h4-8,13H,9-12,14-15H2,1-3H3,(H,21,22,23). The zero-order chi connectivity index (χ0) is 18.4. The van der Waals surface area contributed by atoms with Crippen molar-refractivity contribution >= 4 is 17.5 Å². The van der Waals surface area contributed by atoms with E-state index in [4.69, 9.17) is 14.5 Å². The summed E-state index contributed by atoms with van der Waals surface area (Å²) in [6, 6.07) is 12.1. The van der Waals surface area contributed by atoms with E-state index < -0.39 is 0 Å². The highest BCUT2D eigenvalue weighted by atomic mass is 16.5. The third-order valence-corrected chi connectivity index (χ3v) is 4.93. The molecule has 1 saturated heterocycles. The van der Waals surface area contributed by atoms with Gasteiger partial charge in [0.15, 0.2) is 0 Å². The third-order valence-electron chi connectivity index (χ3n) is 4.93. The molecule has 26 heavy (non-hydrogen) atoms. The molecule has 1 N–H and O–H groups in total. The van der Waals surface area contributed by atoms with E-state index in [-0.39, 0.29) is 5.41 Å². The number of nitrogens with one attached hydrogen (secondary N) is 1. The number of aromatic nitrogens is 2. The lowest BCUT2D eigenvalue weighted by molar-refractivity contribution is -0.0204. The minimum Gasteiger partial charge on any atom is -0.384 e. The summed E-state index contributed by atoms with van der Waals surface area (Å²) in [4.78, 5) is 11.3. The Balaban J connectivity index is 1.75. The van der Waals surface area contributed by atoms with Crippen molar-refractivity contribution in [2.24, 2.45) is 5.41 Å². The fourth-order valence-corrected chi connectivity index (χ4v) is 3.32. The minimum atomic E-state index is 0.0946.